The molecule has 2 heterocycles. The molecule has 1 amide bonds. The smallest absolute Gasteiger partial charge is 0.255 e. The number of aromatic amines is 1. The summed E-state index contributed by atoms with van der Waals surface area (Å²) in [4.78, 5) is 12.5. The van der Waals surface area contributed by atoms with E-state index >= 15 is 0 Å². The number of H-pyrrole nitrogens is 1. The lowest BCUT2D eigenvalue weighted by atomic mass is 10.2. The highest BCUT2D eigenvalue weighted by molar-refractivity contribution is 6.05. The minimum Gasteiger partial charge on any atom is -0.367 e. The van der Waals surface area contributed by atoms with E-state index in [-0.39, 0.29) is 5.91 Å². The first-order valence-corrected chi connectivity index (χ1v) is 7.44. The molecule has 8 nitrogen and oxygen atoms in total. The van der Waals surface area contributed by atoms with Crippen molar-refractivity contribution >= 4 is 17.4 Å². The molecule has 3 rings (SSSR count). The van der Waals surface area contributed by atoms with Gasteiger partial charge in [0.1, 0.15) is 12.0 Å². The highest BCUT2D eigenvalue weighted by atomic mass is 16.1. The van der Waals surface area contributed by atoms with Crippen LogP contribution >= 0.6 is 0 Å². The molecule has 0 atom stereocenters. The molecule has 1 aromatic carbocycles. The molecule has 3 N–H and O–H groups in total. The number of nitrogens with one attached hydrogen (secondary N) is 3. The molecule has 0 aliphatic carbocycles. The van der Waals surface area contributed by atoms with Gasteiger partial charge in [-0.25, -0.2) is 9.90 Å². The van der Waals surface area contributed by atoms with E-state index < -0.39 is 0 Å². The van der Waals surface area contributed by atoms with Gasteiger partial charge in [-0.05, 0) is 24.6 Å². The van der Waals surface area contributed by atoms with Crippen molar-refractivity contribution in [2.75, 3.05) is 17.2 Å². The lowest BCUT2D eigenvalue weighted by Crippen LogP contribution is -2.14. The van der Waals surface area contributed by atoms with Crippen LogP contribution in [0.15, 0.2) is 36.8 Å². The molecule has 23 heavy (non-hydrogen) atoms. The molecule has 0 saturated heterocycles. The fourth-order valence-corrected chi connectivity index (χ4v) is 2.19. The van der Waals surface area contributed by atoms with E-state index in [0.29, 0.717) is 17.1 Å². The quantitative estimate of drug-likeness (QED) is 0.649. The van der Waals surface area contributed by atoms with Crippen molar-refractivity contribution in [1.82, 2.24) is 24.8 Å². The summed E-state index contributed by atoms with van der Waals surface area (Å²) < 4.78 is 3.40. The number of aromatic nitrogens is 5. The van der Waals surface area contributed by atoms with Crippen LogP contribution in [0.5, 0.6) is 0 Å². The molecule has 120 valence electrons. The Morgan fingerprint density at radius 3 is 2.91 bits per heavy atom. The summed E-state index contributed by atoms with van der Waals surface area (Å²) in [5.74, 6) is 0.493. The normalized spacial score (nSPS) is 10.7. The van der Waals surface area contributed by atoms with Gasteiger partial charge in [0, 0.05) is 19.2 Å². The average molecular weight is 313 g/mol. The minimum absolute atomic E-state index is 0.183. The molecule has 0 unspecified atom stereocenters. The van der Waals surface area contributed by atoms with Crippen LogP contribution in [0.25, 0.3) is 5.69 Å². The van der Waals surface area contributed by atoms with Gasteiger partial charge < -0.3 is 10.6 Å². The largest absolute Gasteiger partial charge is 0.367 e. The van der Waals surface area contributed by atoms with Gasteiger partial charge >= 0.3 is 0 Å². The number of aryl methyl sites for hydroxylation is 1. The molecule has 0 saturated carbocycles. The van der Waals surface area contributed by atoms with Crippen molar-refractivity contribution in [3.8, 4) is 5.69 Å². The number of carbonyl (C=O) groups is 1. The van der Waals surface area contributed by atoms with E-state index in [1.165, 1.54) is 0 Å². The number of hydrogen-bond donors (Lipinski definition) is 3. The van der Waals surface area contributed by atoms with Crippen LogP contribution in [0.1, 0.15) is 23.7 Å². The van der Waals surface area contributed by atoms with Gasteiger partial charge in [0.25, 0.3) is 5.91 Å². The van der Waals surface area contributed by atoms with Gasteiger partial charge in [-0.1, -0.05) is 13.0 Å². The Morgan fingerprint density at radius 1 is 1.39 bits per heavy atom. The van der Waals surface area contributed by atoms with Gasteiger partial charge in [-0.2, -0.15) is 5.10 Å². The van der Waals surface area contributed by atoms with Crippen LogP contribution in [-0.4, -0.2) is 37.2 Å². The fourth-order valence-electron chi connectivity index (χ4n) is 2.19. The van der Waals surface area contributed by atoms with Crippen molar-refractivity contribution in [3.63, 3.8) is 0 Å². The Kier molecular flexibility index (Phi) is 4.13. The van der Waals surface area contributed by atoms with Crippen molar-refractivity contribution in [2.24, 2.45) is 7.05 Å². The van der Waals surface area contributed by atoms with E-state index in [2.05, 4.69) is 33.0 Å². The first-order valence-electron chi connectivity index (χ1n) is 7.44. The first-order chi connectivity index (χ1) is 11.2. The molecule has 0 bridgehead atoms. The van der Waals surface area contributed by atoms with Gasteiger partial charge in [0.05, 0.1) is 11.9 Å². The summed E-state index contributed by atoms with van der Waals surface area (Å²) in [6.07, 6.45) is 4.41. The van der Waals surface area contributed by atoms with E-state index in [9.17, 15) is 4.79 Å². The van der Waals surface area contributed by atoms with Crippen LogP contribution in [0.3, 0.4) is 0 Å². The molecule has 0 fully saturated rings. The number of benzene rings is 1. The highest BCUT2D eigenvalue weighted by Crippen LogP contribution is 2.20. The molecule has 0 radical (unpaired) electrons. The van der Waals surface area contributed by atoms with E-state index in [1.54, 1.807) is 34.0 Å². The first kappa shape index (κ1) is 14.9. The number of rotatable bonds is 6. The maximum Gasteiger partial charge on any atom is 0.255 e. The average Bonchev–Trinajstić information content (AvgIpc) is 2.83. The zero-order chi connectivity index (χ0) is 16.2. The third-order valence-electron chi connectivity index (χ3n) is 3.34. The van der Waals surface area contributed by atoms with Crippen LogP contribution < -0.4 is 10.6 Å². The topological polar surface area (TPSA) is 92.6 Å². The highest BCUT2D eigenvalue weighted by Gasteiger charge is 2.13. The van der Waals surface area contributed by atoms with E-state index in [4.69, 9.17) is 0 Å². The summed E-state index contributed by atoms with van der Waals surface area (Å²) in [5.41, 5.74) is 2.08. The van der Waals surface area contributed by atoms with Crippen molar-refractivity contribution < 1.29 is 4.79 Å². The molecule has 0 aliphatic rings. The molecule has 3 aromatic rings. The van der Waals surface area contributed by atoms with Crippen LogP contribution in [0, 0.1) is 0 Å². The Hall–Kier alpha value is -3.03. The maximum atomic E-state index is 12.5. The second kappa shape index (κ2) is 6.39. The molecular formula is C15H19N7O. The second-order valence-corrected chi connectivity index (χ2v) is 5.21. The number of anilines is 2. The number of hydrogen-bond acceptors (Lipinski definition) is 4. The van der Waals surface area contributed by atoms with E-state index in [1.807, 2.05) is 19.2 Å². The zero-order valence-electron chi connectivity index (χ0n) is 13.1. The van der Waals surface area contributed by atoms with Gasteiger partial charge in [0.15, 0.2) is 5.82 Å². The third-order valence-corrected chi connectivity index (χ3v) is 3.34. The molecular weight excluding hydrogens is 294 g/mol. The van der Waals surface area contributed by atoms with Crippen LogP contribution in [0.4, 0.5) is 11.5 Å². The zero-order valence-corrected chi connectivity index (χ0v) is 13.1. The summed E-state index contributed by atoms with van der Waals surface area (Å²) in [5, 5.41) is 17.0. The second-order valence-electron chi connectivity index (χ2n) is 5.21. The van der Waals surface area contributed by atoms with Crippen molar-refractivity contribution in [2.45, 2.75) is 13.3 Å². The van der Waals surface area contributed by atoms with Crippen LogP contribution in [0.2, 0.25) is 0 Å². The maximum absolute atomic E-state index is 12.5. The minimum atomic E-state index is -0.183. The van der Waals surface area contributed by atoms with Crippen molar-refractivity contribution in [3.05, 3.63) is 42.4 Å². The summed E-state index contributed by atoms with van der Waals surface area (Å²) in [7, 11) is 1.82. The van der Waals surface area contributed by atoms with Crippen molar-refractivity contribution in [1.29, 1.82) is 0 Å². The monoisotopic (exact) mass is 313 g/mol. The van der Waals surface area contributed by atoms with Crippen LogP contribution in [-0.2, 0) is 7.05 Å². The predicted molar refractivity (Wildman–Crippen MR) is 87.9 cm³/mol. The molecule has 2 aromatic heterocycles. The van der Waals surface area contributed by atoms with Gasteiger partial charge in [-0.15, -0.1) is 5.10 Å². The summed E-state index contributed by atoms with van der Waals surface area (Å²) >= 11 is 0. The number of amides is 1. The Labute approximate surface area is 133 Å². The van der Waals surface area contributed by atoms with E-state index in [0.717, 1.165) is 18.7 Å². The Balaban J connectivity index is 1.77. The van der Waals surface area contributed by atoms with Gasteiger partial charge in [-0.3, -0.25) is 9.48 Å². The van der Waals surface area contributed by atoms with Gasteiger partial charge in [0.2, 0.25) is 0 Å². The standard InChI is InChI=1S/C15H19N7O/c1-3-7-16-14-13(9-21(2)19-14)18-15(23)11-5-4-6-12(8-11)22-10-17-20-22/h4-6,8-10,20H,3,7H2,1-2H3,(H,16,19)(H,18,23). The molecule has 8 heteroatoms. The fraction of sp³-hybridized carbons (Fsp3) is 0.267. The Bertz CT molecular complexity index is 789. The number of carbonyl (C=O) groups excluding carboxylic acids is 1. The summed E-state index contributed by atoms with van der Waals surface area (Å²) in [6, 6.07) is 7.29. The lowest BCUT2D eigenvalue weighted by Gasteiger charge is -2.10. The molecule has 0 spiro atoms. The molecule has 0 aliphatic heterocycles. The third kappa shape index (κ3) is 3.25. The predicted octanol–water partition coefficient (Wildman–Crippen LogP) is 2.01. The number of nitrogens with zero attached hydrogens (tertiary/aromatic N) is 4. The lowest BCUT2D eigenvalue weighted by molar-refractivity contribution is 0.102. The SMILES string of the molecule is CCCNc1nn(C)cc1NC(=O)c1cccc(-n2cn[nH]2)c1. The Morgan fingerprint density at radius 2 is 2.22 bits per heavy atom. The summed E-state index contributed by atoms with van der Waals surface area (Å²) in [6.45, 7) is 2.88.